The Balaban J connectivity index is 0.000000181. The number of methoxy groups -OCH3 is 1. The zero-order chi connectivity index (χ0) is 39.0. The Kier molecular flexibility index (Phi) is 18.0. The number of carbonyl (C=O) groups excluding carboxylic acids is 3. The van der Waals surface area contributed by atoms with Gasteiger partial charge in [-0.05, 0) is 99.7 Å². The van der Waals surface area contributed by atoms with Gasteiger partial charge in [0.1, 0.15) is 6.54 Å². The molecule has 304 valence electrons. The fourth-order valence-corrected chi connectivity index (χ4v) is 8.56. The molecule has 1 aliphatic carbocycles. The van der Waals surface area contributed by atoms with Crippen molar-refractivity contribution in [1.29, 1.82) is 0 Å². The minimum atomic E-state index is 0.216. The lowest BCUT2D eigenvalue weighted by molar-refractivity contribution is -0.139. The van der Waals surface area contributed by atoms with E-state index in [1.165, 1.54) is 25.7 Å². The maximum absolute atomic E-state index is 12.6. The minimum absolute atomic E-state index is 0.216. The molecular formula is C43H73N7O4. The van der Waals surface area contributed by atoms with Crippen LogP contribution in [0.2, 0.25) is 0 Å². The van der Waals surface area contributed by atoms with E-state index in [0.29, 0.717) is 60.5 Å². The SMILES string of the molecule is CC(C)[C@@H]1CCCN(C(=O)CCn2ccnc2)C1.CC(C)[C@@H]1CCCN(C(=O)Cn2ccnc2)C1.COC1CCC(C(=O)N2CCCC(C(C)C)C2)CC1. The zero-order valence-electron chi connectivity index (χ0n) is 34.8. The molecule has 54 heavy (non-hydrogen) atoms. The first-order chi connectivity index (χ1) is 25.9. The zero-order valence-corrected chi connectivity index (χ0v) is 34.8. The third-order valence-electron chi connectivity index (χ3n) is 12.6. The van der Waals surface area contributed by atoms with Gasteiger partial charge in [0.25, 0.3) is 0 Å². The van der Waals surface area contributed by atoms with E-state index in [1.54, 1.807) is 32.2 Å². The largest absolute Gasteiger partial charge is 0.381 e. The second kappa shape index (κ2) is 22.4. The summed E-state index contributed by atoms with van der Waals surface area (Å²) in [6.07, 6.45) is 23.0. The lowest BCUT2D eigenvalue weighted by atomic mass is 9.84. The van der Waals surface area contributed by atoms with Gasteiger partial charge in [0.05, 0.1) is 18.8 Å². The Morgan fingerprint density at radius 3 is 1.56 bits per heavy atom. The molecular weight excluding hydrogens is 679 g/mol. The summed E-state index contributed by atoms with van der Waals surface area (Å²) < 4.78 is 9.18. The highest BCUT2D eigenvalue weighted by atomic mass is 16.5. The van der Waals surface area contributed by atoms with E-state index in [2.05, 4.69) is 56.4 Å². The van der Waals surface area contributed by atoms with Gasteiger partial charge < -0.3 is 28.6 Å². The molecule has 6 rings (SSSR count). The molecule has 0 spiro atoms. The number of rotatable bonds is 10. The molecule has 11 nitrogen and oxygen atoms in total. The van der Waals surface area contributed by atoms with Crippen molar-refractivity contribution in [2.45, 2.75) is 131 Å². The van der Waals surface area contributed by atoms with Gasteiger partial charge in [0.2, 0.25) is 17.7 Å². The standard InChI is InChI=1S/C16H29NO2.C14H23N3O.C13H21N3O/c1-12(2)14-5-4-10-17(11-14)16(18)13-6-8-15(19-3)9-7-13;1-12(2)13-4-3-7-17(10-13)14(18)5-8-16-9-6-15-11-16;1-11(2)12-4-3-6-16(8-12)13(17)9-15-7-5-14-10-15/h12-15H,4-11H2,1-3H3;6,9,11-13H,3-5,7-8,10H2,1-2H3;5,7,10-12H,3-4,6,8-9H2,1-2H3/t;13-;12-/m.11/s1. The molecule has 0 aromatic carbocycles. The fourth-order valence-electron chi connectivity index (χ4n) is 8.56. The van der Waals surface area contributed by atoms with Crippen molar-refractivity contribution in [3.63, 3.8) is 0 Å². The van der Waals surface area contributed by atoms with E-state index in [4.69, 9.17) is 4.74 Å². The van der Waals surface area contributed by atoms with Crippen LogP contribution in [0.4, 0.5) is 0 Å². The lowest BCUT2D eigenvalue weighted by Crippen LogP contribution is -2.45. The number of carbonyl (C=O) groups is 3. The maximum atomic E-state index is 12.6. The average Bonchev–Trinajstić information content (AvgIpc) is 3.92. The monoisotopic (exact) mass is 752 g/mol. The molecule has 3 amide bonds. The summed E-state index contributed by atoms with van der Waals surface area (Å²) in [6.45, 7) is 20.4. The van der Waals surface area contributed by atoms with Crippen LogP contribution in [0.25, 0.3) is 0 Å². The molecule has 0 N–H and O–H groups in total. The summed E-state index contributed by atoms with van der Waals surface area (Å²) in [7, 11) is 1.78. The average molecular weight is 752 g/mol. The summed E-state index contributed by atoms with van der Waals surface area (Å²) in [6, 6.07) is 0. The van der Waals surface area contributed by atoms with Crippen LogP contribution in [-0.4, -0.2) is 104 Å². The quantitative estimate of drug-likeness (QED) is 0.258. The number of amides is 3. The van der Waals surface area contributed by atoms with Crippen molar-refractivity contribution in [3.05, 3.63) is 37.4 Å². The van der Waals surface area contributed by atoms with Gasteiger partial charge in [-0.3, -0.25) is 14.4 Å². The Labute approximate surface area is 326 Å². The molecule has 3 atom stereocenters. The van der Waals surface area contributed by atoms with E-state index in [9.17, 15) is 14.4 Å². The van der Waals surface area contributed by atoms with Crippen LogP contribution in [0.5, 0.6) is 0 Å². The second-order valence-electron chi connectivity index (χ2n) is 17.4. The number of piperidine rings is 3. The summed E-state index contributed by atoms with van der Waals surface area (Å²) >= 11 is 0. The summed E-state index contributed by atoms with van der Waals surface area (Å²) in [5.41, 5.74) is 0. The van der Waals surface area contributed by atoms with Gasteiger partial charge in [-0.25, -0.2) is 9.97 Å². The van der Waals surface area contributed by atoms with Crippen molar-refractivity contribution in [3.8, 4) is 0 Å². The Hall–Kier alpha value is -3.21. The highest BCUT2D eigenvalue weighted by Crippen LogP contribution is 2.31. The number of hydrogen-bond acceptors (Lipinski definition) is 6. The predicted octanol–water partition coefficient (Wildman–Crippen LogP) is 7.03. The van der Waals surface area contributed by atoms with Crippen molar-refractivity contribution >= 4 is 17.7 Å². The van der Waals surface area contributed by atoms with E-state index in [-0.39, 0.29) is 17.7 Å². The Morgan fingerprint density at radius 2 is 1.09 bits per heavy atom. The van der Waals surface area contributed by atoms with Gasteiger partial charge >= 0.3 is 0 Å². The molecule has 11 heteroatoms. The molecule has 1 saturated carbocycles. The Bertz CT molecular complexity index is 1350. The first-order valence-corrected chi connectivity index (χ1v) is 21.2. The van der Waals surface area contributed by atoms with Gasteiger partial charge in [-0.2, -0.15) is 0 Å². The highest BCUT2D eigenvalue weighted by molar-refractivity contribution is 5.79. The van der Waals surface area contributed by atoms with Gasteiger partial charge in [-0.1, -0.05) is 41.5 Å². The number of ether oxygens (including phenoxy) is 1. The van der Waals surface area contributed by atoms with Gasteiger partial charge in [0, 0.05) is 90.0 Å². The number of aromatic nitrogens is 4. The Morgan fingerprint density at radius 1 is 0.630 bits per heavy atom. The smallest absolute Gasteiger partial charge is 0.242 e. The van der Waals surface area contributed by atoms with Crippen LogP contribution in [0.3, 0.4) is 0 Å². The molecule has 2 aromatic heterocycles. The van der Waals surface area contributed by atoms with Gasteiger partial charge in [0.15, 0.2) is 0 Å². The lowest BCUT2D eigenvalue weighted by Gasteiger charge is -2.38. The molecule has 2 aromatic rings. The van der Waals surface area contributed by atoms with Crippen LogP contribution in [0, 0.1) is 41.4 Å². The van der Waals surface area contributed by atoms with E-state index < -0.39 is 0 Å². The normalized spacial score (nSPS) is 24.9. The summed E-state index contributed by atoms with van der Waals surface area (Å²) in [5, 5.41) is 0. The molecule has 5 heterocycles. The van der Waals surface area contributed by atoms with Crippen LogP contribution >= 0.6 is 0 Å². The van der Waals surface area contributed by atoms with E-state index in [1.807, 2.05) is 31.3 Å². The number of likely N-dealkylation sites (tertiary alicyclic amines) is 3. The summed E-state index contributed by atoms with van der Waals surface area (Å²) in [4.78, 5) is 51.0. The number of hydrogen-bond donors (Lipinski definition) is 0. The van der Waals surface area contributed by atoms with Crippen molar-refractivity contribution in [2.24, 2.45) is 41.4 Å². The topological polar surface area (TPSA) is 106 Å². The summed E-state index contributed by atoms with van der Waals surface area (Å²) in [5.74, 6) is 5.26. The number of nitrogens with zero attached hydrogens (tertiary/aromatic N) is 7. The third kappa shape index (κ3) is 13.8. The minimum Gasteiger partial charge on any atom is -0.381 e. The second-order valence-corrected chi connectivity index (χ2v) is 17.4. The molecule has 3 aliphatic heterocycles. The molecule has 4 fully saturated rings. The molecule has 3 saturated heterocycles. The van der Waals surface area contributed by atoms with Crippen molar-refractivity contribution in [1.82, 2.24) is 33.8 Å². The van der Waals surface area contributed by atoms with Crippen LogP contribution in [-0.2, 0) is 32.2 Å². The first kappa shape index (κ1) is 43.5. The fraction of sp³-hybridized carbons (Fsp3) is 0.791. The predicted molar refractivity (Wildman–Crippen MR) is 214 cm³/mol. The molecule has 1 unspecified atom stereocenters. The number of aryl methyl sites for hydroxylation is 1. The maximum Gasteiger partial charge on any atom is 0.242 e. The molecule has 0 bridgehead atoms. The van der Waals surface area contributed by atoms with E-state index in [0.717, 1.165) is 84.3 Å². The van der Waals surface area contributed by atoms with Crippen molar-refractivity contribution in [2.75, 3.05) is 46.4 Å². The van der Waals surface area contributed by atoms with E-state index >= 15 is 0 Å². The molecule has 4 aliphatic rings. The first-order valence-electron chi connectivity index (χ1n) is 21.2. The third-order valence-corrected chi connectivity index (χ3v) is 12.6. The molecule has 0 radical (unpaired) electrons. The van der Waals surface area contributed by atoms with Crippen LogP contribution < -0.4 is 0 Å². The van der Waals surface area contributed by atoms with Crippen LogP contribution in [0.15, 0.2) is 37.4 Å². The van der Waals surface area contributed by atoms with Crippen molar-refractivity contribution < 1.29 is 19.1 Å². The van der Waals surface area contributed by atoms with Gasteiger partial charge in [-0.15, -0.1) is 0 Å². The highest BCUT2D eigenvalue weighted by Gasteiger charge is 2.33. The number of imidazole rings is 2. The van der Waals surface area contributed by atoms with Crippen LogP contribution in [0.1, 0.15) is 112 Å².